The maximum Gasteiger partial charge on any atom is 0.189 e. The van der Waals surface area contributed by atoms with Crippen LogP contribution in [-0.4, -0.2) is 12.6 Å². The predicted molar refractivity (Wildman–Crippen MR) is 101 cm³/mol. The number of rotatable bonds is 3. The molecule has 3 rings (SSSR count). The van der Waals surface area contributed by atoms with Crippen LogP contribution in [0.15, 0.2) is 39.7 Å². The molecule has 2 heterocycles. The zero-order valence-electron chi connectivity index (χ0n) is 13.3. The molecule has 6 heteroatoms. The topological polar surface area (TPSA) is 72.8 Å². The molecule has 0 amide bonds. The van der Waals surface area contributed by atoms with Gasteiger partial charge in [-0.25, -0.2) is 4.99 Å². The molecule has 0 fully saturated rings. The molecular formula is C17H22IN3O2. The summed E-state index contributed by atoms with van der Waals surface area (Å²) in [6.07, 6.45) is 0.872. The number of guanidine groups is 1. The lowest BCUT2D eigenvalue weighted by atomic mass is 10.0. The number of hydrogen-bond acceptors (Lipinski definition) is 3. The maximum atomic E-state index is 6.03. The number of hydrogen-bond donors (Lipinski definition) is 2. The highest BCUT2D eigenvalue weighted by atomic mass is 127. The lowest BCUT2D eigenvalue weighted by Gasteiger charge is -2.26. The minimum absolute atomic E-state index is 0. The summed E-state index contributed by atoms with van der Waals surface area (Å²) in [7, 11) is 0. The smallest absolute Gasteiger partial charge is 0.189 e. The molecule has 124 valence electrons. The molecule has 0 aliphatic carbocycles. The van der Waals surface area contributed by atoms with E-state index in [0.717, 1.165) is 34.8 Å². The van der Waals surface area contributed by atoms with Crippen molar-refractivity contribution in [2.45, 2.75) is 32.9 Å². The second kappa shape index (κ2) is 7.72. The molecule has 0 bridgehead atoms. The minimum atomic E-state index is 0. The highest BCUT2D eigenvalue weighted by molar-refractivity contribution is 14.0. The number of nitrogens with two attached hydrogens (primary N) is 1. The van der Waals surface area contributed by atoms with Crippen molar-refractivity contribution in [1.82, 2.24) is 5.32 Å². The molecule has 1 aliphatic heterocycles. The number of nitrogens with one attached hydrogen (secondary N) is 1. The Hall–Kier alpha value is -1.70. The van der Waals surface area contributed by atoms with E-state index in [9.17, 15) is 0 Å². The Morgan fingerprint density at radius 2 is 2.13 bits per heavy atom. The van der Waals surface area contributed by atoms with Crippen molar-refractivity contribution in [2.24, 2.45) is 10.7 Å². The van der Waals surface area contributed by atoms with Crippen LogP contribution in [0.25, 0.3) is 0 Å². The Morgan fingerprint density at radius 3 is 2.87 bits per heavy atom. The van der Waals surface area contributed by atoms with Gasteiger partial charge in [0.1, 0.15) is 17.3 Å². The summed E-state index contributed by atoms with van der Waals surface area (Å²) in [4.78, 5) is 4.42. The molecule has 1 aromatic heterocycles. The second-order valence-electron chi connectivity index (χ2n) is 5.51. The molecule has 1 unspecified atom stereocenters. The average molecular weight is 427 g/mol. The molecule has 2 aromatic rings. The molecule has 0 radical (unpaired) electrons. The van der Waals surface area contributed by atoms with Gasteiger partial charge in [-0.2, -0.15) is 0 Å². The van der Waals surface area contributed by atoms with Crippen LogP contribution < -0.4 is 15.8 Å². The summed E-state index contributed by atoms with van der Waals surface area (Å²) in [6.45, 7) is 5.08. The fourth-order valence-electron chi connectivity index (χ4n) is 2.73. The van der Waals surface area contributed by atoms with Crippen LogP contribution in [0.4, 0.5) is 0 Å². The van der Waals surface area contributed by atoms with Crippen LogP contribution in [0.5, 0.6) is 5.75 Å². The summed E-state index contributed by atoms with van der Waals surface area (Å²) in [5.74, 6) is 3.15. The van der Waals surface area contributed by atoms with Gasteiger partial charge in [0.25, 0.3) is 0 Å². The standard InChI is InChI=1S/C17H21N3O2.HI/c1-11-9-13(12(2)22-11)10-19-17(18)20-15-7-8-21-16-6-4-3-5-14(15)16;/h3-6,9,15H,7-8,10H2,1-2H3,(H3,18,19,20);1H. The Bertz CT molecular complexity index is 697. The fourth-order valence-corrected chi connectivity index (χ4v) is 2.73. The number of nitrogens with zero attached hydrogens (tertiary/aromatic N) is 1. The van der Waals surface area contributed by atoms with Crippen molar-refractivity contribution in [3.8, 4) is 5.75 Å². The van der Waals surface area contributed by atoms with E-state index in [4.69, 9.17) is 14.9 Å². The van der Waals surface area contributed by atoms with E-state index >= 15 is 0 Å². The van der Waals surface area contributed by atoms with Crippen molar-refractivity contribution in [3.63, 3.8) is 0 Å². The summed E-state index contributed by atoms with van der Waals surface area (Å²) in [5.41, 5.74) is 8.23. The lowest BCUT2D eigenvalue weighted by Crippen LogP contribution is -2.37. The zero-order valence-corrected chi connectivity index (χ0v) is 15.7. The van der Waals surface area contributed by atoms with E-state index in [-0.39, 0.29) is 30.0 Å². The molecule has 3 N–H and O–H groups in total. The van der Waals surface area contributed by atoms with Gasteiger partial charge in [-0.1, -0.05) is 18.2 Å². The molecule has 0 spiro atoms. The first-order valence-corrected chi connectivity index (χ1v) is 7.47. The summed E-state index contributed by atoms with van der Waals surface area (Å²) in [6, 6.07) is 10.2. The molecule has 1 aromatic carbocycles. The first kappa shape index (κ1) is 17.7. The van der Waals surface area contributed by atoms with Gasteiger partial charge in [-0.15, -0.1) is 24.0 Å². The normalized spacial score (nSPS) is 17.0. The van der Waals surface area contributed by atoms with Crippen LogP contribution in [-0.2, 0) is 6.54 Å². The van der Waals surface area contributed by atoms with Crippen molar-refractivity contribution in [2.75, 3.05) is 6.61 Å². The third-order valence-corrected chi connectivity index (χ3v) is 3.84. The van der Waals surface area contributed by atoms with Gasteiger partial charge in [-0.05, 0) is 26.0 Å². The van der Waals surface area contributed by atoms with Crippen molar-refractivity contribution >= 4 is 29.9 Å². The number of aryl methyl sites for hydroxylation is 2. The van der Waals surface area contributed by atoms with Crippen LogP contribution in [0, 0.1) is 13.8 Å². The van der Waals surface area contributed by atoms with E-state index in [1.807, 2.05) is 38.1 Å². The largest absolute Gasteiger partial charge is 0.493 e. The van der Waals surface area contributed by atoms with Crippen molar-refractivity contribution in [1.29, 1.82) is 0 Å². The molecule has 23 heavy (non-hydrogen) atoms. The minimum Gasteiger partial charge on any atom is -0.493 e. The Kier molecular flexibility index (Phi) is 5.92. The number of para-hydroxylation sites is 1. The van der Waals surface area contributed by atoms with Gasteiger partial charge in [-0.3, -0.25) is 0 Å². The predicted octanol–water partition coefficient (Wildman–Crippen LogP) is 3.44. The Balaban J connectivity index is 0.00000192. The maximum absolute atomic E-state index is 6.03. The summed E-state index contributed by atoms with van der Waals surface area (Å²) in [5, 5.41) is 3.29. The van der Waals surface area contributed by atoms with Crippen LogP contribution in [0.2, 0.25) is 0 Å². The Labute approximate surface area is 153 Å². The summed E-state index contributed by atoms with van der Waals surface area (Å²) < 4.78 is 11.1. The van der Waals surface area contributed by atoms with Gasteiger partial charge in [0.05, 0.1) is 19.2 Å². The van der Waals surface area contributed by atoms with E-state index in [1.165, 1.54) is 0 Å². The molecular weight excluding hydrogens is 405 g/mol. The molecule has 0 saturated heterocycles. The quantitative estimate of drug-likeness (QED) is 0.447. The molecule has 0 saturated carbocycles. The van der Waals surface area contributed by atoms with Crippen LogP contribution in [0.1, 0.15) is 35.1 Å². The number of aliphatic imine (C=N–C) groups is 1. The van der Waals surface area contributed by atoms with E-state index in [0.29, 0.717) is 19.1 Å². The average Bonchev–Trinajstić information content (AvgIpc) is 2.83. The van der Waals surface area contributed by atoms with E-state index < -0.39 is 0 Å². The zero-order chi connectivity index (χ0) is 15.5. The van der Waals surface area contributed by atoms with Gasteiger partial charge in [0, 0.05) is 17.5 Å². The van der Waals surface area contributed by atoms with Crippen molar-refractivity contribution < 1.29 is 9.15 Å². The SMILES string of the molecule is Cc1cc(CN=C(N)NC2CCOc3ccccc32)c(C)o1.I. The van der Waals surface area contributed by atoms with Gasteiger partial charge >= 0.3 is 0 Å². The molecule has 5 nitrogen and oxygen atoms in total. The number of fused-ring (bicyclic) bond motifs is 1. The lowest BCUT2D eigenvalue weighted by molar-refractivity contribution is 0.262. The fraction of sp³-hybridized carbons (Fsp3) is 0.353. The highest BCUT2D eigenvalue weighted by Crippen LogP contribution is 2.31. The van der Waals surface area contributed by atoms with E-state index in [1.54, 1.807) is 0 Å². The van der Waals surface area contributed by atoms with E-state index in [2.05, 4.69) is 16.4 Å². The second-order valence-corrected chi connectivity index (χ2v) is 5.51. The van der Waals surface area contributed by atoms with Crippen LogP contribution >= 0.6 is 24.0 Å². The number of ether oxygens (including phenoxy) is 1. The van der Waals surface area contributed by atoms with Gasteiger partial charge in [0.15, 0.2) is 5.96 Å². The van der Waals surface area contributed by atoms with Gasteiger partial charge in [0.2, 0.25) is 0 Å². The molecule has 1 aliphatic rings. The highest BCUT2D eigenvalue weighted by Gasteiger charge is 2.21. The number of benzene rings is 1. The Morgan fingerprint density at radius 1 is 1.35 bits per heavy atom. The van der Waals surface area contributed by atoms with Crippen molar-refractivity contribution in [3.05, 3.63) is 53.0 Å². The first-order chi connectivity index (χ1) is 10.6. The van der Waals surface area contributed by atoms with Gasteiger partial charge < -0.3 is 20.2 Å². The molecule has 1 atom stereocenters. The first-order valence-electron chi connectivity index (χ1n) is 7.47. The monoisotopic (exact) mass is 427 g/mol. The number of furan rings is 1. The third kappa shape index (κ3) is 4.19. The number of halogens is 1. The third-order valence-electron chi connectivity index (χ3n) is 3.84. The summed E-state index contributed by atoms with van der Waals surface area (Å²) >= 11 is 0. The van der Waals surface area contributed by atoms with Crippen LogP contribution in [0.3, 0.4) is 0 Å².